The van der Waals surface area contributed by atoms with Crippen LogP contribution in [0.15, 0.2) is 0 Å². The van der Waals surface area contributed by atoms with Gasteiger partial charge in [-0.05, 0) is 13.8 Å². The fourth-order valence-corrected chi connectivity index (χ4v) is 1.26. The summed E-state index contributed by atoms with van der Waals surface area (Å²) in [6.45, 7) is 4.39. The van der Waals surface area contributed by atoms with E-state index < -0.39 is 11.9 Å². The third kappa shape index (κ3) is 10.8. The first-order valence-electron chi connectivity index (χ1n) is 6.86. The zero-order chi connectivity index (χ0) is 15.4. The van der Waals surface area contributed by atoms with Crippen LogP contribution in [0.2, 0.25) is 0 Å². The Labute approximate surface area is 120 Å². The predicted molar refractivity (Wildman–Crippen MR) is 73.3 cm³/mol. The summed E-state index contributed by atoms with van der Waals surface area (Å²) in [6, 6.07) is 0. The van der Waals surface area contributed by atoms with Gasteiger partial charge in [0.15, 0.2) is 0 Å². The molecule has 0 N–H and O–H groups in total. The standard InChI is InChI=1S/C14H26O6/c1-11(17-3)7-9-19-13(15)5-6-14(16)20-10-8-12(2)18-4/h11-12H,5-10H2,1-4H3/t11-,12-/m1/s1. The zero-order valence-corrected chi connectivity index (χ0v) is 12.8. The molecule has 0 aliphatic carbocycles. The Kier molecular flexibility index (Phi) is 11.0. The van der Waals surface area contributed by atoms with Crippen LogP contribution >= 0.6 is 0 Å². The van der Waals surface area contributed by atoms with Crippen molar-refractivity contribution in [3.8, 4) is 0 Å². The third-order valence-corrected chi connectivity index (χ3v) is 2.91. The monoisotopic (exact) mass is 290 g/mol. The van der Waals surface area contributed by atoms with Gasteiger partial charge in [-0.1, -0.05) is 0 Å². The Morgan fingerprint density at radius 2 is 1.15 bits per heavy atom. The highest BCUT2D eigenvalue weighted by atomic mass is 16.5. The van der Waals surface area contributed by atoms with E-state index in [0.717, 1.165) is 0 Å². The summed E-state index contributed by atoms with van der Waals surface area (Å²) in [6.07, 6.45) is 1.47. The molecule has 0 aliphatic heterocycles. The quantitative estimate of drug-likeness (QED) is 0.539. The van der Waals surface area contributed by atoms with Crippen LogP contribution in [0.5, 0.6) is 0 Å². The Hall–Kier alpha value is -1.14. The maximum Gasteiger partial charge on any atom is 0.306 e. The number of carbonyl (C=O) groups excluding carboxylic acids is 2. The van der Waals surface area contributed by atoms with Gasteiger partial charge in [-0.15, -0.1) is 0 Å². The van der Waals surface area contributed by atoms with Crippen molar-refractivity contribution in [2.75, 3.05) is 27.4 Å². The molecule has 0 saturated heterocycles. The van der Waals surface area contributed by atoms with Crippen molar-refractivity contribution in [3.05, 3.63) is 0 Å². The van der Waals surface area contributed by atoms with Crippen molar-refractivity contribution in [2.45, 2.75) is 51.7 Å². The van der Waals surface area contributed by atoms with E-state index in [4.69, 9.17) is 18.9 Å². The van der Waals surface area contributed by atoms with E-state index in [1.165, 1.54) is 0 Å². The highest BCUT2D eigenvalue weighted by Gasteiger charge is 2.10. The molecule has 2 atom stereocenters. The van der Waals surface area contributed by atoms with Gasteiger partial charge >= 0.3 is 11.9 Å². The fourth-order valence-electron chi connectivity index (χ4n) is 1.26. The van der Waals surface area contributed by atoms with Crippen LogP contribution < -0.4 is 0 Å². The van der Waals surface area contributed by atoms with Gasteiger partial charge in [-0.3, -0.25) is 9.59 Å². The maximum atomic E-state index is 11.4. The average Bonchev–Trinajstić information content (AvgIpc) is 2.44. The van der Waals surface area contributed by atoms with Gasteiger partial charge in [0.2, 0.25) is 0 Å². The third-order valence-electron chi connectivity index (χ3n) is 2.91. The lowest BCUT2D eigenvalue weighted by Gasteiger charge is -2.10. The number of carbonyl (C=O) groups is 2. The molecule has 20 heavy (non-hydrogen) atoms. The van der Waals surface area contributed by atoms with Gasteiger partial charge in [0.1, 0.15) is 0 Å². The number of hydrogen-bond donors (Lipinski definition) is 0. The van der Waals surface area contributed by atoms with Gasteiger partial charge in [0.25, 0.3) is 0 Å². The summed E-state index contributed by atoms with van der Waals surface area (Å²) in [4.78, 5) is 22.7. The molecule has 0 amide bonds. The van der Waals surface area contributed by atoms with Gasteiger partial charge in [-0.2, -0.15) is 0 Å². The summed E-state index contributed by atoms with van der Waals surface area (Å²) in [5.41, 5.74) is 0. The number of hydrogen-bond acceptors (Lipinski definition) is 6. The summed E-state index contributed by atoms with van der Waals surface area (Å²) in [7, 11) is 3.21. The Bertz CT molecular complexity index is 251. The smallest absolute Gasteiger partial charge is 0.306 e. The number of esters is 2. The van der Waals surface area contributed by atoms with Crippen molar-refractivity contribution in [1.29, 1.82) is 0 Å². The van der Waals surface area contributed by atoms with Gasteiger partial charge in [-0.25, -0.2) is 0 Å². The van der Waals surface area contributed by atoms with Crippen LogP contribution in [-0.2, 0) is 28.5 Å². The lowest BCUT2D eigenvalue weighted by atomic mass is 10.3. The Morgan fingerprint density at radius 1 is 0.800 bits per heavy atom. The van der Waals surface area contributed by atoms with Crippen molar-refractivity contribution in [3.63, 3.8) is 0 Å². The van der Waals surface area contributed by atoms with Gasteiger partial charge < -0.3 is 18.9 Å². The van der Waals surface area contributed by atoms with Crippen LogP contribution in [0.1, 0.15) is 39.5 Å². The predicted octanol–water partition coefficient (Wildman–Crippen LogP) is 1.70. The van der Waals surface area contributed by atoms with E-state index >= 15 is 0 Å². The normalized spacial score (nSPS) is 13.6. The summed E-state index contributed by atoms with van der Waals surface area (Å²) < 4.78 is 20.0. The molecule has 0 fully saturated rings. The topological polar surface area (TPSA) is 71.1 Å². The number of rotatable bonds is 11. The fraction of sp³-hybridized carbons (Fsp3) is 0.857. The lowest BCUT2D eigenvalue weighted by molar-refractivity contribution is -0.151. The van der Waals surface area contributed by atoms with Crippen molar-refractivity contribution in [2.24, 2.45) is 0 Å². The van der Waals surface area contributed by atoms with Crippen LogP contribution in [0.4, 0.5) is 0 Å². The van der Waals surface area contributed by atoms with E-state index in [0.29, 0.717) is 26.1 Å². The van der Waals surface area contributed by atoms with Crippen LogP contribution in [0.3, 0.4) is 0 Å². The molecule has 0 bridgehead atoms. The van der Waals surface area contributed by atoms with Gasteiger partial charge in [0.05, 0.1) is 38.3 Å². The van der Waals surface area contributed by atoms with Crippen LogP contribution in [-0.4, -0.2) is 51.6 Å². The second-order valence-corrected chi connectivity index (χ2v) is 4.61. The number of ether oxygens (including phenoxy) is 4. The minimum absolute atomic E-state index is 0.0417. The maximum absolute atomic E-state index is 11.4. The number of methoxy groups -OCH3 is 2. The zero-order valence-electron chi connectivity index (χ0n) is 12.8. The molecule has 0 heterocycles. The minimum atomic E-state index is -0.393. The van der Waals surface area contributed by atoms with E-state index in [1.807, 2.05) is 13.8 Å². The van der Waals surface area contributed by atoms with E-state index in [-0.39, 0.29) is 25.0 Å². The highest BCUT2D eigenvalue weighted by Crippen LogP contribution is 2.01. The molecule has 0 aromatic rings. The first kappa shape index (κ1) is 18.9. The molecule has 0 aliphatic rings. The molecule has 6 nitrogen and oxygen atoms in total. The largest absolute Gasteiger partial charge is 0.466 e. The molecular formula is C14H26O6. The average molecular weight is 290 g/mol. The van der Waals surface area contributed by atoms with E-state index in [2.05, 4.69) is 0 Å². The van der Waals surface area contributed by atoms with Crippen LogP contribution in [0, 0.1) is 0 Å². The second kappa shape index (κ2) is 11.7. The first-order valence-corrected chi connectivity index (χ1v) is 6.86. The lowest BCUT2D eigenvalue weighted by Crippen LogP contribution is -2.15. The van der Waals surface area contributed by atoms with E-state index in [1.54, 1.807) is 14.2 Å². The molecule has 0 spiro atoms. The second-order valence-electron chi connectivity index (χ2n) is 4.61. The van der Waals surface area contributed by atoms with Crippen molar-refractivity contribution >= 4 is 11.9 Å². The Balaban J connectivity index is 3.56. The Morgan fingerprint density at radius 3 is 1.45 bits per heavy atom. The highest BCUT2D eigenvalue weighted by molar-refractivity contribution is 5.77. The first-order chi connectivity index (χ1) is 9.49. The molecule has 0 unspecified atom stereocenters. The molecule has 0 aromatic carbocycles. The van der Waals surface area contributed by atoms with Crippen molar-refractivity contribution < 1.29 is 28.5 Å². The van der Waals surface area contributed by atoms with Crippen molar-refractivity contribution in [1.82, 2.24) is 0 Å². The summed E-state index contributed by atoms with van der Waals surface area (Å²) in [5, 5.41) is 0. The molecule has 118 valence electrons. The van der Waals surface area contributed by atoms with E-state index in [9.17, 15) is 9.59 Å². The molecule has 0 radical (unpaired) electrons. The SMILES string of the molecule is CO[C@H](C)CCOC(=O)CCC(=O)OCC[C@@H](C)OC. The summed E-state index contributed by atoms with van der Waals surface area (Å²) >= 11 is 0. The molecule has 0 aromatic heterocycles. The molecule has 6 heteroatoms. The molecular weight excluding hydrogens is 264 g/mol. The molecule has 0 rings (SSSR count). The summed E-state index contributed by atoms with van der Waals surface area (Å²) in [5.74, 6) is -0.786. The minimum Gasteiger partial charge on any atom is -0.466 e. The molecule has 0 saturated carbocycles. The van der Waals surface area contributed by atoms with Gasteiger partial charge in [0, 0.05) is 27.1 Å². The van der Waals surface area contributed by atoms with Crippen LogP contribution in [0.25, 0.3) is 0 Å².